The van der Waals surface area contributed by atoms with E-state index in [0.29, 0.717) is 0 Å². The van der Waals surface area contributed by atoms with Crippen LogP contribution < -0.4 is 0 Å². The summed E-state index contributed by atoms with van der Waals surface area (Å²) >= 11 is 1.69. The predicted octanol–water partition coefficient (Wildman–Crippen LogP) is 4.81. The van der Waals surface area contributed by atoms with E-state index in [9.17, 15) is 5.11 Å². The van der Waals surface area contributed by atoms with E-state index in [4.69, 9.17) is 0 Å². The fraction of sp³-hybridized carbons (Fsp3) is 0.474. The Morgan fingerprint density at radius 2 is 1.71 bits per heavy atom. The molecule has 1 unspecified atom stereocenters. The van der Waals surface area contributed by atoms with E-state index in [2.05, 4.69) is 63.6 Å². The number of aliphatic hydroxyl groups excluding tert-OH is 1. The number of hydrogen-bond acceptors (Lipinski definition) is 2. The van der Waals surface area contributed by atoms with Crippen molar-refractivity contribution in [1.29, 1.82) is 0 Å². The molecule has 2 aromatic rings. The van der Waals surface area contributed by atoms with E-state index in [1.165, 1.54) is 27.8 Å². The number of hydrogen-bond donors (Lipinski definition) is 1. The highest BCUT2D eigenvalue weighted by atomic mass is 32.1. The molecule has 0 spiro atoms. The first-order chi connectivity index (χ1) is 9.77. The summed E-state index contributed by atoms with van der Waals surface area (Å²) in [7, 11) is 0. The Morgan fingerprint density at radius 3 is 2.19 bits per heavy atom. The van der Waals surface area contributed by atoms with Crippen LogP contribution in [-0.2, 0) is 18.3 Å². The molecule has 2 heteroatoms. The van der Waals surface area contributed by atoms with Gasteiger partial charge in [-0.2, -0.15) is 11.3 Å². The maximum absolute atomic E-state index is 10.4. The van der Waals surface area contributed by atoms with Gasteiger partial charge in [0, 0.05) is 0 Å². The Hall–Kier alpha value is -1.12. The predicted molar refractivity (Wildman–Crippen MR) is 92.3 cm³/mol. The average molecular weight is 302 g/mol. The molecule has 0 amide bonds. The van der Waals surface area contributed by atoms with Crippen molar-refractivity contribution in [2.75, 3.05) is 0 Å². The summed E-state index contributed by atoms with van der Waals surface area (Å²) in [5, 5.41) is 14.5. The third kappa shape index (κ3) is 4.18. The summed E-state index contributed by atoms with van der Waals surface area (Å²) in [6, 6.07) is 6.65. The standard InChI is InChI=1S/C19H26OS/c1-13-8-16(19(3,4)5)9-14(2)18(13)11-17(20)10-15-6-7-21-12-15/h6-9,12,17,20H,10-11H2,1-5H3. The number of thiophene rings is 1. The van der Waals surface area contributed by atoms with Gasteiger partial charge in [-0.3, -0.25) is 0 Å². The Kier molecular flexibility index (Phi) is 4.90. The average Bonchev–Trinajstić information content (AvgIpc) is 2.85. The van der Waals surface area contributed by atoms with Gasteiger partial charge in [0.1, 0.15) is 0 Å². The molecule has 0 fully saturated rings. The lowest BCUT2D eigenvalue weighted by Gasteiger charge is -2.23. The molecule has 0 radical (unpaired) electrons. The molecule has 0 aliphatic rings. The maximum Gasteiger partial charge on any atom is 0.0621 e. The highest BCUT2D eigenvalue weighted by molar-refractivity contribution is 7.07. The monoisotopic (exact) mass is 302 g/mol. The minimum atomic E-state index is -0.308. The first-order valence-electron chi connectivity index (χ1n) is 7.57. The van der Waals surface area contributed by atoms with Gasteiger partial charge in [0.2, 0.25) is 0 Å². The molecule has 0 aliphatic heterocycles. The van der Waals surface area contributed by atoms with Gasteiger partial charge in [-0.05, 0) is 76.7 Å². The first kappa shape index (κ1) is 16.3. The van der Waals surface area contributed by atoms with Crippen molar-refractivity contribution in [3.8, 4) is 0 Å². The number of aliphatic hydroxyl groups is 1. The molecule has 0 bridgehead atoms. The third-order valence-corrected chi connectivity index (χ3v) is 4.79. The SMILES string of the molecule is Cc1cc(C(C)(C)C)cc(C)c1CC(O)Cc1ccsc1. The van der Waals surface area contributed by atoms with E-state index in [0.717, 1.165) is 12.8 Å². The van der Waals surface area contributed by atoms with E-state index >= 15 is 0 Å². The van der Waals surface area contributed by atoms with Crippen LogP contribution in [0.25, 0.3) is 0 Å². The van der Waals surface area contributed by atoms with Crippen LogP contribution in [0.5, 0.6) is 0 Å². The minimum Gasteiger partial charge on any atom is -0.392 e. The molecule has 21 heavy (non-hydrogen) atoms. The molecule has 2 rings (SSSR count). The highest BCUT2D eigenvalue weighted by Gasteiger charge is 2.17. The zero-order valence-electron chi connectivity index (χ0n) is 13.7. The second-order valence-electron chi connectivity index (χ2n) is 7.03. The van der Waals surface area contributed by atoms with E-state index in [1.54, 1.807) is 11.3 Å². The molecule has 1 aromatic carbocycles. The summed E-state index contributed by atoms with van der Waals surface area (Å²) in [5.74, 6) is 0. The van der Waals surface area contributed by atoms with Crippen molar-refractivity contribution in [1.82, 2.24) is 0 Å². The highest BCUT2D eigenvalue weighted by Crippen LogP contribution is 2.27. The van der Waals surface area contributed by atoms with E-state index in [-0.39, 0.29) is 11.5 Å². The number of benzene rings is 1. The normalized spacial score (nSPS) is 13.4. The largest absolute Gasteiger partial charge is 0.392 e. The molecular formula is C19H26OS. The summed E-state index contributed by atoms with van der Waals surface area (Å²) in [4.78, 5) is 0. The second-order valence-corrected chi connectivity index (χ2v) is 7.81. The smallest absolute Gasteiger partial charge is 0.0621 e. The van der Waals surface area contributed by atoms with Crippen LogP contribution in [0, 0.1) is 13.8 Å². The zero-order valence-corrected chi connectivity index (χ0v) is 14.6. The lowest BCUT2D eigenvalue weighted by atomic mass is 9.83. The van der Waals surface area contributed by atoms with Crippen LogP contribution in [0.4, 0.5) is 0 Å². The molecular weight excluding hydrogens is 276 g/mol. The molecule has 1 atom stereocenters. The van der Waals surface area contributed by atoms with Crippen LogP contribution in [0.2, 0.25) is 0 Å². The van der Waals surface area contributed by atoms with Gasteiger partial charge in [-0.1, -0.05) is 32.9 Å². The van der Waals surface area contributed by atoms with Crippen LogP contribution >= 0.6 is 11.3 Å². The molecule has 0 saturated carbocycles. The number of rotatable bonds is 4. The molecule has 1 nitrogen and oxygen atoms in total. The van der Waals surface area contributed by atoms with Crippen molar-refractivity contribution in [2.45, 2.75) is 59.0 Å². The molecule has 1 aromatic heterocycles. The fourth-order valence-corrected chi connectivity index (χ4v) is 3.42. The van der Waals surface area contributed by atoms with Crippen molar-refractivity contribution in [3.63, 3.8) is 0 Å². The topological polar surface area (TPSA) is 20.2 Å². The van der Waals surface area contributed by atoms with Gasteiger partial charge in [0.05, 0.1) is 6.10 Å². The Bertz CT molecular complexity index is 568. The fourth-order valence-electron chi connectivity index (χ4n) is 2.74. The van der Waals surface area contributed by atoms with Gasteiger partial charge in [-0.25, -0.2) is 0 Å². The van der Waals surface area contributed by atoms with Crippen molar-refractivity contribution in [2.24, 2.45) is 0 Å². The molecule has 0 aliphatic carbocycles. The molecule has 1 heterocycles. The summed E-state index contributed by atoms with van der Waals surface area (Å²) < 4.78 is 0. The Labute approximate surface area is 132 Å². The molecule has 0 saturated heterocycles. The second kappa shape index (κ2) is 6.33. The van der Waals surface area contributed by atoms with Gasteiger partial charge in [0.15, 0.2) is 0 Å². The Balaban J connectivity index is 2.17. The summed E-state index contributed by atoms with van der Waals surface area (Å²) in [5.41, 5.74) is 6.66. The lowest BCUT2D eigenvalue weighted by Crippen LogP contribution is -2.17. The van der Waals surface area contributed by atoms with Crippen LogP contribution in [0.1, 0.15) is 48.6 Å². The molecule has 1 N–H and O–H groups in total. The van der Waals surface area contributed by atoms with Crippen molar-refractivity contribution >= 4 is 11.3 Å². The Morgan fingerprint density at radius 1 is 1.10 bits per heavy atom. The van der Waals surface area contributed by atoms with Crippen LogP contribution in [0.15, 0.2) is 29.0 Å². The van der Waals surface area contributed by atoms with Crippen molar-refractivity contribution < 1.29 is 5.11 Å². The third-order valence-electron chi connectivity index (χ3n) is 4.05. The maximum atomic E-state index is 10.4. The van der Waals surface area contributed by atoms with Gasteiger partial charge >= 0.3 is 0 Å². The quantitative estimate of drug-likeness (QED) is 0.859. The van der Waals surface area contributed by atoms with Gasteiger partial charge in [0.25, 0.3) is 0 Å². The first-order valence-corrected chi connectivity index (χ1v) is 8.51. The summed E-state index contributed by atoms with van der Waals surface area (Å²) in [6.45, 7) is 11.1. The van der Waals surface area contributed by atoms with Crippen molar-refractivity contribution in [3.05, 3.63) is 56.8 Å². The zero-order chi connectivity index (χ0) is 15.6. The number of aryl methyl sites for hydroxylation is 2. The van der Waals surface area contributed by atoms with E-state index in [1.807, 2.05) is 0 Å². The van der Waals surface area contributed by atoms with Crippen LogP contribution in [-0.4, -0.2) is 11.2 Å². The minimum absolute atomic E-state index is 0.170. The van der Waals surface area contributed by atoms with Gasteiger partial charge < -0.3 is 5.11 Å². The molecule has 114 valence electrons. The van der Waals surface area contributed by atoms with Crippen LogP contribution in [0.3, 0.4) is 0 Å². The lowest BCUT2D eigenvalue weighted by molar-refractivity contribution is 0.175. The van der Waals surface area contributed by atoms with E-state index < -0.39 is 0 Å². The van der Waals surface area contributed by atoms with Gasteiger partial charge in [-0.15, -0.1) is 0 Å². The summed E-state index contributed by atoms with van der Waals surface area (Å²) in [6.07, 6.45) is 1.17.